The smallest absolute Gasteiger partial charge is 0.326 e. The highest BCUT2D eigenvalue weighted by atomic mass is 16.5. The Balaban J connectivity index is 1.76. The molecule has 2 saturated heterocycles. The van der Waals surface area contributed by atoms with Crippen LogP contribution in [0, 0.1) is 0 Å². The van der Waals surface area contributed by atoms with E-state index in [0.717, 1.165) is 19.5 Å². The van der Waals surface area contributed by atoms with E-state index < -0.39 is 12.0 Å². The standard InChI is InChI=1S/C18H24N2O4/c1-24-15-6-4-5-13(11-15)17(21)20-10-7-14(12-16(20)18(22)23)19-8-2-3-9-19/h4-6,11,14,16H,2-3,7-10,12H2,1H3,(H,22,23)/t14-,16-/m0/s1. The van der Waals surface area contributed by atoms with E-state index in [-0.39, 0.29) is 11.9 Å². The normalized spacial score (nSPS) is 24.8. The minimum atomic E-state index is -0.921. The van der Waals surface area contributed by atoms with Gasteiger partial charge in [-0.2, -0.15) is 0 Å². The number of aliphatic carboxylic acids is 1. The lowest BCUT2D eigenvalue weighted by Crippen LogP contribution is -2.54. The van der Waals surface area contributed by atoms with E-state index in [1.54, 1.807) is 31.4 Å². The summed E-state index contributed by atoms with van der Waals surface area (Å²) in [5.74, 6) is -0.559. The van der Waals surface area contributed by atoms with Crippen molar-refractivity contribution in [3.63, 3.8) is 0 Å². The van der Waals surface area contributed by atoms with Crippen LogP contribution in [0.25, 0.3) is 0 Å². The van der Waals surface area contributed by atoms with Gasteiger partial charge >= 0.3 is 5.97 Å². The molecule has 2 aliphatic heterocycles. The Kier molecular flexibility index (Phi) is 5.04. The van der Waals surface area contributed by atoms with Crippen molar-refractivity contribution in [2.24, 2.45) is 0 Å². The summed E-state index contributed by atoms with van der Waals surface area (Å²) in [4.78, 5) is 28.4. The van der Waals surface area contributed by atoms with E-state index in [1.807, 2.05) is 0 Å². The topological polar surface area (TPSA) is 70.1 Å². The molecule has 0 aliphatic carbocycles. The number of ether oxygens (including phenoxy) is 1. The predicted octanol–water partition coefficient (Wildman–Crippen LogP) is 1.85. The molecule has 1 aromatic rings. The fraction of sp³-hybridized carbons (Fsp3) is 0.556. The van der Waals surface area contributed by atoms with Gasteiger partial charge in [0.05, 0.1) is 7.11 Å². The first-order valence-electron chi connectivity index (χ1n) is 8.52. The highest BCUT2D eigenvalue weighted by Gasteiger charge is 2.39. The van der Waals surface area contributed by atoms with Crippen molar-refractivity contribution in [1.82, 2.24) is 9.80 Å². The summed E-state index contributed by atoms with van der Waals surface area (Å²) in [6, 6.07) is 6.39. The van der Waals surface area contributed by atoms with E-state index in [4.69, 9.17) is 4.74 Å². The van der Waals surface area contributed by atoms with Gasteiger partial charge in [-0.3, -0.25) is 4.79 Å². The molecule has 0 radical (unpaired) electrons. The summed E-state index contributed by atoms with van der Waals surface area (Å²) in [7, 11) is 1.55. The Morgan fingerprint density at radius 2 is 1.96 bits per heavy atom. The third kappa shape index (κ3) is 3.38. The number of carboxylic acid groups (broad SMARTS) is 1. The molecule has 1 aromatic carbocycles. The molecule has 0 unspecified atom stereocenters. The number of hydrogen-bond acceptors (Lipinski definition) is 4. The summed E-state index contributed by atoms with van der Waals surface area (Å²) in [5.41, 5.74) is 0.472. The Morgan fingerprint density at radius 1 is 1.21 bits per heavy atom. The maximum absolute atomic E-state index is 12.8. The van der Waals surface area contributed by atoms with Gasteiger partial charge in [-0.15, -0.1) is 0 Å². The van der Waals surface area contributed by atoms with Crippen molar-refractivity contribution in [2.45, 2.75) is 37.8 Å². The van der Waals surface area contributed by atoms with Gasteiger partial charge in [0.15, 0.2) is 0 Å². The van der Waals surface area contributed by atoms with Gasteiger partial charge in [0, 0.05) is 18.2 Å². The zero-order valence-electron chi connectivity index (χ0n) is 14.0. The quantitative estimate of drug-likeness (QED) is 0.911. The lowest BCUT2D eigenvalue weighted by atomic mass is 9.95. The predicted molar refractivity (Wildman–Crippen MR) is 89.3 cm³/mol. The van der Waals surface area contributed by atoms with Crippen LogP contribution in [-0.2, 0) is 4.79 Å². The second kappa shape index (κ2) is 7.21. The molecule has 0 aromatic heterocycles. The Labute approximate surface area is 142 Å². The number of benzene rings is 1. The molecular formula is C18H24N2O4. The average Bonchev–Trinajstić information content (AvgIpc) is 3.15. The molecule has 6 heteroatoms. The summed E-state index contributed by atoms with van der Waals surface area (Å²) in [6.07, 6.45) is 3.70. The maximum Gasteiger partial charge on any atom is 0.326 e. The molecular weight excluding hydrogens is 308 g/mol. The number of piperidine rings is 1. The van der Waals surface area contributed by atoms with Crippen LogP contribution in [0.4, 0.5) is 0 Å². The van der Waals surface area contributed by atoms with E-state index in [0.29, 0.717) is 24.3 Å². The minimum Gasteiger partial charge on any atom is -0.497 e. The van der Waals surface area contributed by atoms with Crippen LogP contribution in [0.2, 0.25) is 0 Å². The van der Waals surface area contributed by atoms with E-state index >= 15 is 0 Å². The molecule has 2 aliphatic rings. The van der Waals surface area contributed by atoms with Gasteiger partial charge in [-0.05, 0) is 57.0 Å². The van der Waals surface area contributed by atoms with Crippen molar-refractivity contribution in [2.75, 3.05) is 26.7 Å². The minimum absolute atomic E-state index is 0.235. The van der Waals surface area contributed by atoms with Crippen molar-refractivity contribution >= 4 is 11.9 Å². The number of carboxylic acids is 1. The number of carbonyl (C=O) groups is 2. The molecule has 2 heterocycles. The van der Waals surface area contributed by atoms with Crippen molar-refractivity contribution < 1.29 is 19.4 Å². The first-order valence-corrected chi connectivity index (χ1v) is 8.52. The van der Waals surface area contributed by atoms with Crippen LogP contribution in [0.5, 0.6) is 5.75 Å². The molecule has 1 amide bonds. The van der Waals surface area contributed by atoms with Crippen LogP contribution >= 0.6 is 0 Å². The van der Waals surface area contributed by atoms with E-state index in [2.05, 4.69) is 4.90 Å². The summed E-state index contributed by atoms with van der Waals surface area (Å²) in [5, 5.41) is 9.63. The van der Waals surface area contributed by atoms with Gasteiger partial charge in [-0.1, -0.05) is 6.07 Å². The number of amides is 1. The van der Waals surface area contributed by atoms with Crippen molar-refractivity contribution in [3.05, 3.63) is 29.8 Å². The van der Waals surface area contributed by atoms with Crippen LogP contribution in [0.3, 0.4) is 0 Å². The largest absolute Gasteiger partial charge is 0.497 e. The Bertz CT molecular complexity index is 613. The third-order valence-electron chi connectivity index (χ3n) is 5.09. The summed E-state index contributed by atoms with van der Waals surface area (Å²) in [6.45, 7) is 2.57. The molecule has 24 heavy (non-hydrogen) atoms. The summed E-state index contributed by atoms with van der Waals surface area (Å²) >= 11 is 0. The third-order valence-corrected chi connectivity index (χ3v) is 5.09. The number of nitrogens with zero attached hydrogens (tertiary/aromatic N) is 2. The zero-order valence-corrected chi connectivity index (χ0v) is 14.0. The molecule has 2 atom stereocenters. The fourth-order valence-corrected chi connectivity index (χ4v) is 3.78. The number of likely N-dealkylation sites (tertiary alicyclic amines) is 2. The lowest BCUT2D eigenvalue weighted by molar-refractivity contribution is -0.144. The first-order chi connectivity index (χ1) is 11.6. The second-order valence-electron chi connectivity index (χ2n) is 6.51. The molecule has 6 nitrogen and oxygen atoms in total. The number of carbonyl (C=O) groups excluding carboxylic acids is 1. The number of hydrogen-bond donors (Lipinski definition) is 1. The highest BCUT2D eigenvalue weighted by molar-refractivity contribution is 5.97. The Hall–Kier alpha value is -2.08. The molecule has 0 spiro atoms. The first kappa shape index (κ1) is 16.8. The highest BCUT2D eigenvalue weighted by Crippen LogP contribution is 2.27. The summed E-state index contributed by atoms with van der Waals surface area (Å²) < 4.78 is 5.16. The monoisotopic (exact) mass is 332 g/mol. The number of methoxy groups -OCH3 is 1. The average molecular weight is 332 g/mol. The fourth-order valence-electron chi connectivity index (χ4n) is 3.78. The lowest BCUT2D eigenvalue weighted by Gasteiger charge is -2.40. The SMILES string of the molecule is COc1cccc(C(=O)N2CC[C@H](N3CCCC3)C[C@H]2C(=O)O)c1. The second-order valence-corrected chi connectivity index (χ2v) is 6.51. The molecule has 3 rings (SSSR count). The molecule has 0 bridgehead atoms. The van der Waals surface area contributed by atoms with Gasteiger partial charge in [0.1, 0.15) is 11.8 Å². The molecule has 0 saturated carbocycles. The van der Waals surface area contributed by atoms with Gasteiger partial charge < -0.3 is 19.6 Å². The van der Waals surface area contributed by atoms with Crippen LogP contribution in [0.15, 0.2) is 24.3 Å². The van der Waals surface area contributed by atoms with E-state index in [9.17, 15) is 14.7 Å². The van der Waals surface area contributed by atoms with Gasteiger partial charge in [-0.25, -0.2) is 4.79 Å². The van der Waals surface area contributed by atoms with Gasteiger partial charge in [0.2, 0.25) is 0 Å². The zero-order chi connectivity index (χ0) is 17.1. The number of rotatable bonds is 4. The molecule has 130 valence electrons. The maximum atomic E-state index is 12.8. The van der Waals surface area contributed by atoms with Crippen LogP contribution < -0.4 is 4.74 Å². The Morgan fingerprint density at radius 3 is 2.62 bits per heavy atom. The van der Waals surface area contributed by atoms with Crippen molar-refractivity contribution in [1.29, 1.82) is 0 Å². The van der Waals surface area contributed by atoms with Crippen molar-refractivity contribution in [3.8, 4) is 5.75 Å². The van der Waals surface area contributed by atoms with Crippen LogP contribution in [-0.4, -0.2) is 65.6 Å². The van der Waals surface area contributed by atoms with Crippen LogP contribution in [0.1, 0.15) is 36.0 Å². The van der Waals surface area contributed by atoms with Gasteiger partial charge in [0.25, 0.3) is 5.91 Å². The van der Waals surface area contributed by atoms with E-state index in [1.165, 1.54) is 17.7 Å². The molecule has 2 fully saturated rings. The molecule has 1 N–H and O–H groups in total.